The molecule has 0 aliphatic heterocycles. The van der Waals surface area contributed by atoms with Gasteiger partial charge in [0.1, 0.15) is 5.56 Å². The fraction of sp³-hybridized carbons (Fsp3) is 0.524. The van der Waals surface area contributed by atoms with Crippen molar-refractivity contribution in [1.82, 2.24) is 9.97 Å². The molecule has 0 saturated carbocycles. The van der Waals surface area contributed by atoms with E-state index in [-0.39, 0.29) is 18.5 Å². The summed E-state index contributed by atoms with van der Waals surface area (Å²) in [5, 5.41) is 0. The summed E-state index contributed by atoms with van der Waals surface area (Å²) in [4.78, 5) is 9.76. The molecule has 0 aliphatic rings. The van der Waals surface area contributed by atoms with E-state index < -0.39 is 17.6 Å². The first-order chi connectivity index (χ1) is 13.3. The van der Waals surface area contributed by atoms with Crippen LogP contribution < -0.4 is 9.64 Å². The molecule has 0 saturated heterocycles. The van der Waals surface area contributed by atoms with Crippen LogP contribution in [0, 0.1) is 0 Å². The Morgan fingerprint density at radius 2 is 1.82 bits per heavy atom. The number of unbranched alkanes of at least 4 members (excludes halogenated alkanes) is 3. The van der Waals surface area contributed by atoms with Crippen molar-refractivity contribution in [1.29, 1.82) is 0 Å². The Morgan fingerprint density at radius 3 is 2.46 bits per heavy atom. The molecular formula is C21H28F3N3O. The van der Waals surface area contributed by atoms with Gasteiger partial charge in [-0.3, -0.25) is 0 Å². The van der Waals surface area contributed by atoms with Crippen molar-refractivity contribution in [3.05, 3.63) is 41.6 Å². The van der Waals surface area contributed by atoms with Crippen LogP contribution in [0.25, 0.3) is 0 Å². The third kappa shape index (κ3) is 5.59. The minimum Gasteiger partial charge on any atom is -0.477 e. The normalized spacial score (nSPS) is 11.7. The quantitative estimate of drug-likeness (QED) is 0.464. The Kier molecular flexibility index (Phi) is 7.66. The highest BCUT2D eigenvalue weighted by Crippen LogP contribution is 2.37. The minimum absolute atomic E-state index is 0.171. The van der Waals surface area contributed by atoms with E-state index >= 15 is 0 Å². The summed E-state index contributed by atoms with van der Waals surface area (Å²) in [6.45, 7) is 6.40. The average molecular weight is 395 g/mol. The number of hydrogen-bond donors (Lipinski definition) is 0. The van der Waals surface area contributed by atoms with Gasteiger partial charge in [0.2, 0.25) is 11.8 Å². The molecule has 2 rings (SSSR count). The molecule has 2 aromatic rings. The summed E-state index contributed by atoms with van der Waals surface area (Å²) in [6.07, 6.45) is -0.0808. The molecule has 7 heteroatoms. The first kappa shape index (κ1) is 22.0. The van der Waals surface area contributed by atoms with Crippen LogP contribution in [0.1, 0.15) is 63.5 Å². The van der Waals surface area contributed by atoms with Crippen molar-refractivity contribution in [3.63, 3.8) is 0 Å². The van der Waals surface area contributed by atoms with Gasteiger partial charge in [-0.15, -0.1) is 0 Å². The lowest BCUT2D eigenvalue weighted by atomic mass is 10.0. The smallest absolute Gasteiger partial charge is 0.423 e. The number of ether oxygens (including phenoxy) is 1. The van der Waals surface area contributed by atoms with Gasteiger partial charge in [0, 0.05) is 18.9 Å². The maximum absolute atomic E-state index is 13.3. The number of anilines is 2. The standard InChI is InChI=1S/C21H28F3N3O/c1-5-6-7-10-13-28-19-17(21(22,23)24)14-25-20(26-19)27(4)18-12-9-8-11-16(18)15(2)3/h8-9,11-12,14-15H,5-7,10,13H2,1-4H3. The molecule has 0 radical (unpaired) electrons. The van der Waals surface area contributed by atoms with Crippen molar-refractivity contribution in [2.75, 3.05) is 18.6 Å². The number of aromatic nitrogens is 2. The molecule has 0 bridgehead atoms. The van der Waals surface area contributed by atoms with Crippen LogP contribution in [-0.4, -0.2) is 23.6 Å². The van der Waals surface area contributed by atoms with E-state index in [1.165, 1.54) is 0 Å². The zero-order chi connectivity index (χ0) is 20.7. The van der Waals surface area contributed by atoms with Gasteiger partial charge in [0.25, 0.3) is 0 Å². The lowest BCUT2D eigenvalue weighted by molar-refractivity contribution is -0.139. The number of rotatable bonds is 9. The first-order valence-corrected chi connectivity index (χ1v) is 9.65. The second kappa shape index (κ2) is 9.75. The van der Waals surface area contributed by atoms with Crippen molar-refractivity contribution >= 4 is 11.6 Å². The van der Waals surface area contributed by atoms with Gasteiger partial charge >= 0.3 is 6.18 Å². The van der Waals surface area contributed by atoms with Crippen LogP contribution in [0.5, 0.6) is 5.88 Å². The number of halogens is 3. The number of benzene rings is 1. The summed E-state index contributed by atoms with van der Waals surface area (Å²) >= 11 is 0. The molecule has 154 valence electrons. The van der Waals surface area contributed by atoms with Crippen LogP contribution in [0.2, 0.25) is 0 Å². The highest BCUT2D eigenvalue weighted by atomic mass is 19.4. The van der Waals surface area contributed by atoms with Gasteiger partial charge in [-0.2, -0.15) is 18.2 Å². The summed E-state index contributed by atoms with van der Waals surface area (Å²) in [5.41, 5.74) is 0.971. The van der Waals surface area contributed by atoms with E-state index in [0.29, 0.717) is 6.42 Å². The summed E-state index contributed by atoms with van der Waals surface area (Å²) in [5.74, 6) is 0.00918. The molecule has 28 heavy (non-hydrogen) atoms. The monoisotopic (exact) mass is 395 g/mol. The molecule has 0 atom stereocenters. The fourth-order valence-electron chi connectivity index (χ4n) is 2.91. The van der Waals surface area contributed by atoms with E-state index in [1.807, 2.05) is 24.3 Å². The van der Waals surface area contributed by atoms with Crippen LogP contribution in [0.4, 0.5) is 24.8 Å². The zero-order valence-corrected chi connectivity index (χ0v) is 16.9. The van der Waals surface area contributed by atoms with E-state index in [1.54, 1.807) is 11.9 Å². The molecule has 1 aromatic heterocycles. The van der Waals surface area contributed by atoms with Gasteiger partial charge in [0.15, 0.2) is 0 Å². The minimum atomic E-state index is -4.56. The predicted octanol–water partition coefficient (Wildman–Crippen LogP) is 6.35. The van der Waals surface area contributed by atoms with Gasteiger partial charge < -0.3 is 9.64 Å². The van der Waals surface area contributed by atoms with Crippen LogP contribution in [-0.2, 0) is 6.18 Å². The highest BCUT2D eigenvalue weighted by molar-refractivity contribution is 5.62. The Morgan fingerprint density at radius 1 is 1.11 bits per heavy atom. The molecule has 0 spiro atoms. The SMILES string of the molecule is CCCCCCOc1nc(N(C)c2ccccc2C(C)C)ncc1C(F)(F)F. The van der Waals surface area contributed by atoms with E-state index in [9.17, 15) is 13.2 Å². The molecule has 0 aliphatic carbocycles. The third-order valence-corrected chi connectivity index (χ3v) is 4.50. The third-order valence-electron chi connectivity index (χ3n) is 4.50. The Hall–Kier alpha value is -2.31. The Labute approximate surface area is 164 Å². The van der Waals surface area contributed by atoms with E-state index in [0.717, 1.165) is 36.7 Å². The van der Waals surface area contributed by atoms with Gasteiger partial charge in [-0.05, 0) is 24.0 Å². The lowest BCUT2D eigenvalue weighted by Gasteiger charge is -2.23. The highest BCUT2D eigenvalue weighted by Gasteiger charge is 2.36. The predicted molar refractivity (Wildman–Crippen MR) is 105 cm³/mol. The van der Waals surface area contributed by atoms with E-state index in [4.69, 9.17) is 4.74 Å². The second-order valence-electron chi connectivity index (χ2n) is 7.07. The first-order valence-electron chi connectivity index (χ1n) is 9.65. The van der Waals surface area contributed by atoms with Crippen LogP contribution in [0.3, 0.4) is 0 Å². The molecule has 1 heterocycles. The second-order valence-corrected chi connectivity index (χ2v) is 7.07. The van der Waals surface area contributed by atoms with Crippen LogP contribution >= 0.6 is 0 Å². The average Bonchev–Trinajstić information content (AvgIpc) is 2.66. The van der Waals surface area contributed by atoms with Crippen molar-refractivity contribution in [3.8, 4) is 5.88 Å². The summed E-state index contributed by atoms with van der Waals surface area (Å²) in [6, 6.07) is 7.71. The number of nitrogens with zero attached hydrogens (tertiary/aromatic N) is 3. The fourth-order valence-corrected chi connectivity index (χ4v) is 2.91. The summed E-state index contributed by atoms with van der Waals surface area (Å²) in [7, 11) is 1.74. The number of para-hydroxylation sites is 1. The molecule has 0 fully saturated rings. The lowest BCUT2D eigenvalue weighted by Crippen LogP contribution is -2.18. The maximum Gasteiger partial charge on any atom is 0.423 e. The van der Waals surface area contributed by atoms with Gasteiger partial charge in [0.05, 0.1) is 6.61 Å². The molecule has 0 unspecified atom stereocenters. The Bertz CT molecular complexity index is 763. The topological polar surface area (TPSA) is 38.2 Å². The zero-order valence-electron chi connectivity index (χ0n) is 16.9. The molecular weight excluding hydrogens is 367 g/mol. The largest absolute Gasteiger partial charge is 0.477 e. The van der Waals surface area contributed by atoms with E-state index in [2.05, 4.69) is 30.7 Å². The van der Waals surface area contributed by atoms with Crippen molar-refractivity contribution in [2.45, 2.75) is 58.5 Å². The maximum atomic E-state index is 13.3. The molecule has 1 aromatic carbocycles. The van der Waals surface area contributed by atoms with Gasteiger partial charge in [-0.25, -0.2) is 4.98 Å². The number of alkyl halides is 3. The summed E-state index contributed by atoms with van der Waals surface area (Å²) < 4.78 is 45.4. The van der Waals surface area contributed by atoms with Crippen LogP contribution in [0.15, 0.2) is 30.5 Å². The van der Waals surface area contributed by atoms with Crippen molar-refractivity contribution < 1.29 is 17.9 Å². The van der Waals surface area contributed by atoms with Gasteiger partial charge in [-0.1, -0.05) is 58.2 Å². The van der Waals surface area contributed by atoms with Crippen molar-refractivity contribution in [2.24, 2.45) is 0 Å². The molecule has 0 N–H and O–H groups in total. The molecule has 0 amide bonds. The molecule has 4 nitrogen and oxygen atoms in total. The number of hydrogen-bond acceptors (Lipinski definition) is 4. The Balaban J connectivity index is 2.31.